The molecule has 0 aliphatic carbocycles. The van der Waals surface area contributed by atoms with Crippen LogP contribution in [0, 0.1) is 6.92 Å². The molecule has 9 heteroatoms. The van der Waals surface area contributed by atoms with E-state index in [4.69, 9.17) is 9.47 Å². The summed E-state index contributed by atoms with van der Waals surface area (Å²) in [5, 5.41) is 18.0. The highest BCUT2D eigenvalue weighted by Crippen LogP contribution is 2.32. The van der Waals surface area contributed by atoms with Crippen molar-refractivity contribution in [3.63, 3.8) is 0 Å². The number of thioether (sulfide) groups is 1. The first kappa shape index (κ1) is 20.5. The van der Waals surface area contributed by atoms with Crippen molar-refractivity contribution in [1.29, 1.82) is 0 Å². The lowest BCUT2D eigenvalue weighted by Gasteiger charge is -2.06. The molecule has 2 aromatic heterocycles. The van der Waals surface area contributed by atoms with Gasteiger partial charge in [-0.1, -0.05) is 18.2 Å². The quantitative estimate of drug-likeness (QED) is 0.289. The number of carbonyl (C=O) groups is 1. The molecule has 4 rings (SSSR count). The number of hydrogen-bond donors (Lipinski definition) is 3. The summed E-state index contributed by atoms with van der Waals surface area (Å²) in [6, 6.07) is 13.1. The van der Waals surface area contributed by atoms with Gasteiger partial charge in [0.05, 0.1) is 14.2 Å². The van der Waals surface area contributed by atoms with Crippen molar-refractivity contribution in [2.45, 2.75) is 12.1 Å². The number of nitrogens with one attached hydrogen (secondary N) is 2. The summed E-state index contributed by atoms with van der Waals surface area (Å²) >= 11 is 0.979. The maximum Gasteiger partial charge on any atom is 0.342 e. The minimum absolute atomic E-state index is 0.113. The van der Waals surface area contributed by atoms with Crippen LogP contribution in [0.15, 0.2) is 52.5 Å². The van der Waals surface area contributed by atoms with Crippen molar-refractivity contribution in [1.82, 2.24) is 20.2 Å². The SMILES string of the molecule is COc1cc(OC)cc(-c2nc(S/C(=C\c3c(C)[nH]c4ccccc34)C(=O)O)n[nH]2)c1. The Balaban J connectivity index is 1.66. The van der Waals surface area contributed by atoms with Crippen molar-refractivity contribution in [2.24, 2.45) is 0 Å². The second kappa shape index (κ2) is 8.57. The Bertz CT molecular complexity index is 1270. The van der Waals surface area contributed by atoms with Gasteiger partial charge in [0.15, 0.2) is 5.82 Å². The maximum absolute atomic E-state index is 11.9. The van der Waals surface area contributed by atoms with Gasteiger partial charge in [0, 0.05) is 33.8 Å². The zero-order valence-electron chi connectivity index (χ0n) is 17.1. The van der Waals surface area contributed by atoms with E-state index >= 15 is 0 Å². The van der Waals surface area contributed by atoms with Crippen LogP contribution in [0.2, 0.25) is 0 Å². The number of ether oxygens (including phenoxy) is 2. The number of aryl methyl sites for hydroxylation is 1. The van der Waals surface area contributed by atoms with Crippen LogP contribution < -0.4 is 9.47 Å². The van der Waals surface area contributed by atoms with Gasteiger partial charge >= 0.3 is 5.97 Å². The van der Waals surface area contributed by atoms with Gasteiger partial charge in [-0.05, 0) is 43.0 Å². The predicted molar refractivity (Wildman–Crippen MR) is 119 cm³/mol. The van der Waals surface area contributed by atoms with Crippen LogP contribution in [0.4, 0.5) is 0 Å². The Kier molecular flexibility index (Phi) is 5.68. The van der Waals surface area contributed by atoms with E-state index in [1.807, 2.05) is 31.2 Å². The van der Waals surface area contributed by atoms with E-state index in [-0.39, 0.29) is 4.91 Å². The lowest BCUT2D eigenvalue weighted by atomic mass is 10.1. The molecule has 0 saturated carbocycles. The van der Waals surface area contributed by atoms with Crippen LogP contribution in [0.5, 0.6) is 11.5 Å². The summed E-state index contributed by atoms with van der Waals surface area (Å²) in [6.45, 7) is 1.91. The van der Waals surface area contributed by atoms with Crippen molar-refractivity contribution in [3.8, 4) is 22.9 Å². The fourth-order valence-electron chi connectivity index (χ4n) is 3.21. The number of fused-ring (bicyclic) bond motifs is 1. The van der Waals surface area contributed by atoms with Crippen molar-refractivity contribution in [2.75, 3.05) is 14.2 Å². The molecule has 0 bridgehead atoms. The van der Waals surface area contributed by atoms with E-state index in [2.05, 4.69) is 20.2 Å². The normalized spacial score (nSPS) is 11.6. The van der Waals surface area contributed by atoms with Crippen molar-refractivity contribution < 1.29 is 19.4 Å². The molecular weight excluding hydrogens is 416 g/mol. The second-order valence-corrected chi connectivity index (χ2v) is 7.70. The van der Waals surface area contributed by atoms with Crippen molar-refractivity contribution >= 4 is 34.7 Å². The van der Waals surface area contributed by atoms with E-state index < -0.39 is 5.97 Å². The summed E-state index contributed by atoms with van der Waals surface area (Å²) in [6.07, 6.45) is 1.64. The molecule has 0 fully saturated rings. The zero-order chi connectivity index (χ0) is 22.0. The largest absolute Gasteiger partial charge is 0.497 e. The number of hydrogen-bond acceptors (Lipinski definition) is 6. The number of aromatic nitrogens is 4. The number of carboxylic acids is 1. The van der Waals surface area contributed by atoms with E-state index in [1.165, 1.54) is 0 Å². The topological polar surface area (TPSA) is 113 Å². The lowest BCUT2D eigenvalue weighted by molar-refractivity contribution is -0.131. The minimum atomic E-state index is -1.05. The molecule has 0 unspecified atom stereocenters. The van der Waals surface area contributed by atoms with Crippen molar-refractivity contribution in [3.05, 3.63) is 58.6 Å². The molecule has 31 heavy (non-hydrogen) atoms. The van der Waals surface area contributed by atoms with E-state index in [0.29, 0.717) is 28.0 Å². The molecule has 0 spiro atoms. The fourth-order valence-corrected chi connectivity index (χ4v) is 3.90. The number of methoxy groups -OCH3 is 2. The number of H-pyrrole nitrogens is 2. The predicted octanol–water partition coefficient (Wildman–Crippen LogP) is 4.50. The minimum Gasteiger partial charge on any atom is -0.497 e. The first-order valence-electron chi connectivity index (χ1n) is 9.34. The first-order valence-corrected chi connectivity index (χ1v) is 10.2. The number of aromatic amines is 2. The Morgan fingerprint density at radius 3 is 2.52 bits per heavy atom. The Labute approximate surface area is 182 Å². The average Bonchev–Trinajstić information content (AvgIpc) is 3.37. The molecule has 0 saturated heterocycles. The molecule has 0 aliphatic heterocycles. The number of carboxylic acid groups (broad SMARTS) is 1. The molecule has 0 aliphatic rings. The molecule has 8 nitrogen and oxygen atoms in total. The molecule has 158 valence electrons. The standard InChI is InChI=1S/C22H20N4O4S/c1-12-17(16-6-4-5-7-18(16)23-12)11-19(21(27)28)31-22-24-20(25-26-22)13-8-14(29-2)10-15(9-13)30-3/h4-11,23H,1-3H3,(H,27,28)(H,24,25,26)/b19-11-. The number of para-hydroxylation sites is 1. The smallest absolute Gasteiger partial charge is 0.342 e. The number of rotatable bonds is 7. The van der Waals surface area contributed by atoms with Crippen LogP contribution in [-0.2, 0) is 4.79 Å². The van der Waals surface area contributed by atoms with Gasteiger partial charge in [0.2, 0.25) is 5.16 Å². The van der Waals surface area contributed by atoms with Crippen LogP contribution in [0.25, 0.3) is 28.4 Å². The third-order valence-electron chi connectivity index (χ3n) is 4.72. The lowest BCUT2D eigenvalue weighted by Crippen LogP contribution is -1.97. The Morgan fingerprint density at radius 2 is 1.84 bits per heavy atom. The van der Waals surface area contributed by atoms with E-state index in [9.17, 15) is 9.90 Å². The number of nitrogens with zero attached hydrogens (tertiary/aromatic N) is 2. The van der Waals surface area contributed by atoms with Crippen LogP contribution in [0.3, 0.4) is 0 Å². The van der Waals surface area contributed by atoms with Crippen LogP contribution in [0.1, 0.15) is 11.3 Å². The second-order valence-electron chi connectivity index (χ2n) is 6.69. The highest BCUT2D eigenvalue weighted by Gasteiger charge is 2.17. The van der Waals surface area contributed by atoms with Gasteiger partial charge in [-0.2, -0.15) is 0 Å². The fraction of sp³-hybridized carbons (Fsp3) is 0.136. The Hall–Kier alpha value is -3.72. The highest BCUT2D eigenvalue weighted by molar-refractivity contribution is 8.04. The summed E-state index contributed by atoms with van der Waals surface area (Å²) in [7, 11) is 3.13. The summed E-state index contributed by atoms with van der Waals surface area (Å²) in [4.78, 5) is 19.8. The number of benzene rings is 2. The summed E-state index contributed by atoms with van der Waals surface area (Å²) < 4.78 is 10.6. The molecule has 3 N–H and O–H groups in total. The van der Waals surface area contributed by atoms with Gasteiger partial charge in [0.25, 0.3) is 0 Å². The van der Waals surface area contributed by atoms with Crippen LogP contribution in [-0.4, -0.2) is 45.5 Å². The van der Waals surface area contributed by atoms with Gasteiger partial charge in [-0.15, -0.1) is 5.10 Å². The summed E-state index contributed by atoms with van der Waals surface area (Å²) in [5.74, 6) is 0.651. The molecule has 2 heterocycles. The third kappa shape index (κ3) is 4.26. The van der Waals surface area contributed by atoms with Gasteiger partial charge in [-0.3, -0.25) is 5.10 Å². The van der Waals surface area contributed by atoms with E-state index in [1.54, 1.807) is 38.5 Å². The Morgan fingerprint density at radius 1 is 1.13 bits per heavy atom. The first-order chi connectivity index (χ1) is 15.0. The van der Waals surface area contributed by atoms with E-state index in [0.717, 1.165) is 33.9 Å². The molecular formula is C22H20N4O4S. The molecule has 4 aromatic rings. The van der Waals surface area contributed by atoms with Gasteiger partial charge in [-0.25, -0.2) is 9.78 Å². The van der Waals surface area contributed by atoms with Gasteiger partial charge < -0.3 is 19.6 Å². The summed E-state index contributed by atoms with van der Waals surface area (Å²) in [5.41, 5.74) is 3.38. The third-order valence-corrected chi connectivity index (χ3v) is 5.60. The highest BCUT2D eigenvalue weighted by atomic mass is 32.2. The molecule has 0 radical (unpaired) electrons. The molecule has 2 aromatic carbocycles. The molecule has 0 amide bonds. The maximum atomic E-state index is 11.9. The monoisotopic (exact) mass is 436 g/mol. The average molecular weight is 436 g/mol. The molecule has 0 atom stereocenters. The zero-order valence-corrected chi connectivity index (χ0v) is 17.9. The van der Waals surface area contributed by atoms with Crippen LogP contribution >= 0.6 is 11.8 Å². The van der Waals surface area contributed by atoms with Gasteiger partial charge in [0.1, 0.15) is 16.4 Å². The number of aliphatic carboxylic acids is 1.